The molecule has 0 aliphatic rings. The molecule has 15 heavy (non-hydrogen) atoms. The molecule has 0 radical (unpaired) electrons. The van der Waals surface area contributed by atoms with Crippen LogP contribution in [0.25, 0.3) is 0 Å². The average molecular weight is 204 g/mol. The Morgan fingerprint density at radius 1 is 1.07 bits per heavy atom. The SMILES string of the molecule is C/C=C/C(O)(c1ccccc1)C(C)(C)C. The standard InChI is InChI=1S/C14H20O/c1-5-11-14(15,13(2,3)4)12-9-7-6-8-10-12/h5-11,15H,1-4H3/b11-5+. The van der Waals surface area contributed by atoms with Crippen molar-refractivity contribution in [2.75, 3.05) is 0 Å². The van der Waals surface area contributed by atoms with Crippen LogP contribution in [0.3, 0.4) is 0 Å². The highest BCUT2D eigenvalue weighted by Crippen LogP contribution is 2.40. The first-order valence-electron chi connectivity index (χ1n) is 5.33. The summed E-state index contributed by atoms with van der Waals surface area (Å²) >= 11 is 0. The number of allylic oxidation sites excluding steroid dienone is 1. The quantitative estimate of drug-likeness (QED) is 0.731. The molecule has 1 N–H and O–H groups in total. The lowest BCUT2D eigenvalue weighted by molar-refractivity contribution is -0.0187. The van der Waals surface area contributed by atoms with Crippen LogP contribution in [0.15, 0.2) is 42.5 Å². The topological polar surface area (TPSA) is 20.2 Å². The van der Waals surface area contributed by atoms with E-state index in [-0.39, 0.29) is 5.41 Å². The van der Waals surface area contributed by atoms with Crippen LogP contribution < -0.4 is 0 Å². The highest BCUT2D eigenvalue weighted by molar-refractivity contribution is 5.29. The molecule has 1 nitrogen and oxygen atoms in total. The van der Waals surface area contributed by atoms with Crippen molar-refractivity contribution in [2.45, 2.75) is 33.3 Å². The van der Waals surface area contributed by atoms with Gasteiger partial charge < -0.3 is 5.11 Å². The molecule has 1 heteroatoms. The number of hydrogen-bond donors (Lipinski definition) is 1. The van der Waals surface area contributed by atoms with Crippen molar-refractivity contribution in [3.63, 3.8) is 0 Å². The largest absolute Gasteiger partial charge is 0.380 e. The second-order valence-electron chi connectivity index (χ2n) is 4.88. The van der Waals surface area contributed by atoms with Crippen LogP contribution in [0, 0.1) is 5.41 Å². The van der Waals surface area contributed by atoms with Crippen LogP contribution in [0.5, 0.6) is 0 Å². The molecule has 1 atom stereocenters. The first-order chi connectivity index (χ1) is 6.92. The number of rotatable bonds is 2. The van der Waals surface area contributed by atoms with E-state index in [2.05, 4.69) is 0 Å². The molecule has 0 spiro atoms. The lowest BCUT2D eigenvalue weighted by Crippen LogP contribution is -2.38. The fourth-order valence-corrected chi connectivity index (χ4v) is 1.71. The van der Waals surface area contributed by atoms with Crippen molar-refractivity contribution in [2.24, 2.45) is 5.41 Å². The van der Waals surface area contributed by atoms with Crippen molar-refractivity contribution in [3.8, 4) is 0 Å². The van der Waals surface area contributed by atoms with E-state index >= 15 is 0 Å². The molecule has 0 fully saturated rings. The summed E-state index contributed by atoms with van der Waals surface area (Å²) in [4.78, 5) is 0. The van der Waals surface area contributed by atoms with Crippen LogP contribution in [0.2, 0.25) is 0 Å². The van der Waals surface area contributed by atoms with Crippen LogP contribution >= 0.6 is 0 Å². The average Bonchev–Trinajstić information content (AvgIpc) is 2.18. The van der Waals surface area contributed by atoms with Gasteiger partial charge >= 0.3 is 0 Å². The molecule has 0 aliphatic carbocycles. The van der Waals surface area contributed by atoms with E-state index in [0.717, 1.165) is 5.56 Å². The zero-order valence-electron chi connectivity index (χ0n) is 9.99. The second kappa shape index (κ2) is 4.19. The summed E-state index contributed by atoms with van der Waals surface area (Å²) in [6, 6.07) is 9.80. The Morgan fingerprint density at radius 2 is 1.60 bits per heavy atom. The summed E-state index contributed by atoms with van der Waals surface area (Å²) in [6.45, 7) is 8.06. The Labute approximate surface area is 92.5 Å². The molecule has 1 aromatic carbocycles. The first-order valence-corrected chi connectivity index (χ1v) is 5.33. The fraction of sp³-hybridized carbons (Fsp3) is 0.429. The van der Waals surface area contributed by atoms with E-state index < -0.39 is 5.60 Å². The smallest absolute Gasteiger partial charge is 0.112 e. The van der Waals surface area contributed by atoms with Crippen LogP contribution in [0.1, 0.15) is 33.3 Å². The van der Waals surface area contributed by atoms with Gasteiger partial charge in [0.1, 0.15) is 5.60 Å². The normalized spacial score (nSPS) is 16.6. The summed E-state index contributed by atoms with van der Waals surface area (Å²) in [5, 5.41) is 10.7. The summed E-state index contributed by atoms with van der Waals surface area (Å²) in [5.74, 6) is 0. The highest BCUT2D eigenvalue weighted by atomic mass is 16.3. The Kier molecular flexibility index (Phi) is 3.35. The molecule has 0 bridgehead atoms. The molecular formula is C14H20O. The van der Waals surface area contributed by atoms with Crippen LogP contribution in [-0.2, 0) is 5.60 Å². The van der Waals surface area contributed by atoms with Crippen molar-refractivity contribution >= 4 is 0 Å². The first kappa shape index (κ1) is 12.0. The zero-order valence-corrected chi connectivity index (χ0v) is 9.99. The monoisotopic (exact) mass is 204 g/mol. The van der Waals surface area contributed by atoms with E-state index in [9.17, 15) is 5.11 Å². The van der Waals surface area contributed by atoms with Gasteiger partial charge in [0.05, 0.1) is 0 Å². The van der Waals surface area contributed by atoms with Crippen molar-refractivity contribution < 1.29 is 5.11 Å². The minimum atomic E-state index is -0.900. The Morgan fingerprint density at radius 3 is 2.00 bits per heavy atom. The number of benzene rings is 1. The van der Waals surface area contributed by atoms with Gasteiger partial charge in [-0.15, -0.1) is 0 Å². The van der Waals surface area contributed by atoms with Crippen LogP contribution in [-0.4, -0.2) is 5.11 Å². The molecular weight excluding hydrogens is 184 g/mol. The molecule has 1 rings (SSSR count). The van der Waals surface area contributed by atoms with Crippen molar-refractivity contribution in [1.82, 2.24) is 0 Å². The molecule has 0 heterocycles. The molecule has 1 aromatic rings. The Bertz CT molecular complexity index is 332. The second-order valence-corrected chi connectivity index (χ2v) is 4.88. The van der Waals surface area contributed by atoms with Crippen molar-refractivity contribution in [1.29, 1.82) is 0 Å². The number of aliphatic hydroxyl groups is 1. The fourth-order valence-electron chi connectivity index (χ4n) is 1.71. The van der Waals surface area contributed by atoms with E-state index in [1.54, 1.807) is 0 Å². The minimum absolute atomic E-state index is 0.221. The van der Waals surface area contributed by atoms with Gasteiger partial charge in [0, 0.05) is 0 Å². The lowest BCUT2D eigenvalue weighted by Gasteiger charge is -2.38. The van der Waals surface area contributed by atoms with Crippen molar-refractivity contribution in [3.05, 3.63) is 48.0 Å². The summed E-state index contributed by atoms with van der Waals surface area (Å²) in [6.07, 6.45) is 3.76. The predicted molar refractivity (Wildman–Crippen MR) is 64.6 cm³/mol. The van der Waals surface area contributed by atoms with Crippen LogP contribution in [0.4, 0.5) is 0 Å². The molecule has 0 saturated heterocycles. The maximum Gasteiger partial charge on any atom is 0.112 e. The Balaban J connectivity index is 3.25. The Hall–Kier alpha value is -1.08. The lowest BCUT2D eigenvalue weighted by atomic mass is 9.72. The maximum absolute atomic E-state index is 10.7. The predicted octanol–water partition coefficient (Wildman–Crippen LogP) is 3.50. The van der Waals surface area contributed by atoms with E-state index in [1.165, 1.54) is 0 Å². The minimum Gasteiger partial charge on any atom is -0.380 e. The molecule has 1 unspecified atom stereocenters. The van der Waals surface area contributed by atoms with Gasteiger partial charge in [0.25, 0.3) is 0 Å². The van der Waals surface area contributed by atoms with Gasteiger partial charge in [-0.2, -0.15) is 0 Å². The van der Waals surface area contributed by atoms with Gasteiger partial charge in [0.15, 0.2) is 0 Å². The van der Waals surface area contributed by atoms with E-state index in [4.69, 9.17) is 0 Å². The van der Waals surface area contributed by atoms with E-state index in [1.807, 2.05) is 70.2 Å². The zero-order chi connectivity index (χ0) is 11.5. The van der Waals surface area contributed by atoms with Gasteiger partial charge in [-0.25, -0.2) is 0 Å². The third-order valence-electron chi connectivity index (χ3n) is 2.77. The summed E-state index contributed by atoms with van der Waals surface area (Å²) in [7, 11) is 0. The molecule has 0 amide bonds. The van der Waals surface area contributed by atoms with Gasteiger partial charge in [-0.1, -0.05) is 63.3 Å². The molecule has 82 valence electrons. The highest BCUT2D eigenvalue weighted by Gasteiger charge is 2.38. The van der Waals surface area contributed by atoms with Gasteiger partial charge in [-0.05, 0) is 17.9 Å². The van der Waals surface area contributed by atoms with Gasteiger partial charge in [0.2, 0.25) is 0 Å². The number of hydrogen-bond acceptors (Lipinski definition) is 1. The molecule has 0 aromatic heterocycles. The summed E-state index contributed by atoms with van der Waals surface area (Å²) < 4.78 is 0. The third-order valence-corrected chi connectivity index (χ3v) is 2.77. The molecule has 0 aliphatic heterocycles. The summed E-state index contributed by atoms with van der Waals surface area (Å²) in [5.41, 5.74) is -0.181. The molecule has 0 saturated carbocycles. The maximum atomic E-state index is 10.7. The van der Waals surface area contributed by atoms with Gasteiger partial charge in [-0.3, -0.25) is 0 Å². The van der Waals surface area contributed by atoms with E-state index in [0.29, 0.717) is 0 Å². The third kappa shape index (κ3) is 2.29.